The molecule has 56 heavy (non-hydrogen) atoms. The molecule has 0 N–H and O–H groups in total. The molecule has 7 aromatic carbocycles. The number of furan rings is 1. The van der Waals surface area contributed by atoms with Gasteiger partial charge in [-0.15, -0.1) is 0 Å². The Hall–Kier alpha value is -6.78. The van der Waals surface area contributed by atoms with E-state index in [1.807, 2.05) is 6.07 Å². The fourth-order valence-corrected chi connectivity index (χ4v) is 9.20. The summed E-state index contributed by atoms with van der Waals surface area (Å²) in [6.07, 6.45) is 1.59. The Morgan fingerprint density at radius 1 is 0.554 bits per heavy atom. The number of fused-ring (bicyclic) bond motifs is 9. The van der Waals surface area contributed by atoms with Crippen LogP contribution < -0.4 is 0 Å². The number of aromatic nitrogens is 1. The smallest absolute Gasteiger partial charge is 0.160 e. The van der Waals surface area contributed by atoms with E-state index in [1.165, 1.54) is 55.3 Å². The quantitative estimate of drug-likeness (QED) is 0.174. The van der Waals surface area contributed by atoms with Crippen molar-refractivity contribution in [3.05, 3.63) is 191 Å². The molecule has 0 amide bonds. The first-order valence-corrected chi connectivity index (χ1v) is 19.6. The minimum absolute atomic E-state index is 0.212. The molecular formula is C52H39N3O. The second-order valence-electron chi connectivity index (χ2n) is 15.6. The van der Waals surface area contributed by atoms with Crippen LogP contribution in [-0.4, -0.2) is 16.1 Å². The topological polar surface area (TPSA) is 42.8 Å². The zero-order chi connectivity index (χ0) is 37.5. The van der Waals surface area contributed by atoms with Crippen molar-refractivity contribution in [2.45, 2.75) is 39.0 Å². The van der Waals surface area contributed by atoms with Gasteiger partial charge in [-0.1, -0.05) is 118 Å². The van der Waals surface area contributed by atoms with E-state index in [-0.39, 0.29) is 5.41 Å². The van der Waals surface area contributed by atoms with Crippen molar-refractivity contribution in [3.63, 3.8) is 0 Å². The van der Waals surface area contributed by atoms with E-state index in [4.69, 9.17) is 14.4 Å². The highest BCUT2D eigenvalue weighted by molar-refractivity contribution is 6.18. The predicted octanol–water partition coefficient (Wildman–Crippen LogP) is 13.5. The number of hydrogen-bond donors (Lipinski definition) is 0. The lowest BCUT2D eigenvalue weighted by atomic mass is 9.82. The minimum atomic E-state index is -0.212. The molecular weight excluding hydrogens is 683 g/mol. The first kappa shape index (κ1) is 32.6. The molecule has 0 bridgehead atoms. The van der Waals surface area contributed by atoms with Gasteiger partial charge in [0, 0.05) is 50.2 Å². The van der Waals surface area contributed by atoms with Crippen LogP contribution in [0.15, 0.2) is 178 Å². The van der Waals surface area contributed by atoms with Gasteiger partial charge in [-0.25, -0.2) is 9.98 Å². The zero-order valence-electron chi connectivity index (χ0n) is 31.7. The highest BCUT2D eigenvalue weighted by Gasteiger charge is 2.37. The Balaban J connectivity index is 1.09. The number of nitrogens with zero attached hydrogens (tertiary/aromatic N) is 3. The van der Waals surface area contributed by atoms with Gasteiger partial charge in [0.1, 0.15) is 11.2 Å². The molecule has 0 spiro atoms. The summed E-state index contributed by atoms with van der Waals surface area (Å²) in [5, 5.41) is 4.75. The van der Waals surface area contributed by atoms with Crippen molar-refractivity contribution in [2.75, 3.05) is 0 Å². The van der Waals surface area contributed by atoms with Crippen LogP contribution in [0.3, 0.4) is 0 Å². The van der Waals surface area contributed by atoms with Crippen LogP contribution in [0.2, 0.25) is 0 Å². The maximum atomic E-state index is 6.66. The minimum Gasteiger partial charge on any atom is -0.456 e. The normalized spacial score (nSPS) is 15.0. The Kier molecular flexibility index (Phi) is 7.21. The van der Waals surface area contributed by atoms with E-state index in [9.17, 15) is 0 Å². The fraction of sp³-hybridized carbons (Fsp3) is 0.115. The molecule has 1 aliphatic heterocycles. The average molecular weight is 722 g/mol. The van der Waals surface area contributed by atoms with E-state index < -0.39 is 0 Å². The van der Waals surface area contributed by atoms with Crippen molar-refractivity contribution in [3.8, 4) is 16.8 Å². The number of rotatable bonds is 5. The second kappa shape index (κ2) is 12.4. The fourth-order valence-electron chi connectivity index (χ4n) is 9.20. The molecule has 2 aliphatic rings. The summed E-state index contributed by atoms with van der Waals surface area (Å²) in [6, 6.07) is 56.5. The summed E-state index contributed by atoms with van der Waals surface area (Å²) in [7, 11) is 0. The summed E-state index contributed by atoms with van der Waals surface area (Å²) >= 11 is 0. The molecule has 0 radical (unpaired) electrons. The van der Waals surface area contributed by atoms with Gasteiger partial charge in [0.05, 0.1) is 22.4 Å². The second-order valence-corrected chi connectivity index (χ2v) is 15.6. The monoisotopic (exact) mass is 721 g/mol. The van der Waals surface area contributed by atoms with E-state index in [1.54, 1.807) is 0 Å². The molecule has 0 saturated heterocycles. The molecule has 0 unspecified atom stereocenters. The lowest BCUT2D eigenvalue weighted by Crippen LogP contribution is -2.15. The molecule has 1 aliphatic carbocycles. The van der Waals surface area contributed by atoms with Crippen molar-refractivity contribution >= 4 is 61.0 Å². The molecule has 0 atom stereocenters. The summed E-state index contributed by atoms with van der Waals surface area (Å²) in [5.41, 5.74) is 16.9. The number of allylic oxidation sites excluding steroid dienone is 1. The number of benzene rings is 7. The van der Waals surface area contributed by atoms with Crippen LogP contribution in [0.5, 0.6) is 0 Å². The number of para-hydroxylation sites is 2. The third-order valence-corrected chi connectivity index (χ3v) is 12.1. The largest absolute Gasteiger partial charge is 0.456 e. The number of aliphatic imine (C=N–C) groups is 2. The molecule has 11 rings (SSSR count). The van der Waals surface area contributed by atoms with Gasteiger partial charge in [-0.05, 0) is 100 Å². The van der Waals surface area contributed by atoms with Crippen LogP contribution in [0, 0.1) is 0 Å². The maximum absolute atomic E-state index is 6.66. The van der Waals surface area contributed by atoms with Gasteiger partial charge in [-0.3, -0.25) is 0 Å². The van der Waals surface area contributed by atoms with Gasteiger partial charge < -0.3 is 8.98 Å². The third kappa shape index (κ3) is 4.92. The average Bonchev–Trinajstić information content (AvgIpc) is 3.77. The first-order chi connectivity index (χ1) is 27.5. The highest BCUT2D eigenvalue weighted by Crippen LogP contribution is 2.53. The molecule has 4 heteroatoms. The lowest BCUT2D eigenvalue weighted by molar-refractivity contribution is 0.647. The lowest BCUT2D eigenvalue weighted by Gasteiger charge is -2.21. The highest BCUT2D eigenvalue weighted by atomic mass is 16.3. The van der Waals surface area contributed by atoms with Crippen molar-refractivity contribution < 1.29 is 4.42 Å². The van der Waals surface area contributed by atoms with E-state index in [0.29, 0.717) is 6.42 Å². The predicted molar refractivity (Wildman–Crippen MR) is 233 cm³/mol. The zero-order valence-corrected chi connectivity index (χ0v) is 31.7. The molecule has 9 aromatic rings. The van der Waals surface area contributed by atoms with Gasteiger partial charge in [0.15, 0.2) is 5.84 Å². The van der Waals surface area contributed by atoms with Gasteiger partial charge >= 0.3 is 0 Å². The maximum Gasteiger partial charge on any atom is 0.160 e. The molecule has 2 aromatic heterocycles. The molecule has 0 saturated carbocycles. The van der Waals surface area contributed by atoms with E-state index in [0.717, 1.165) is 62.3 Å². The van der Waals surface area contributed by atoms with Crippen LogP contribution >= 0.6 is 0 Å². The molecule has 0 fully saturated rings. The SMILES string of the molecule is CCC1=C(c2ccccc2)N=C(c2ccccc2)N=C(c2ccc3oc4cc5c(cc4c3c2)-c2cc3c4ccccc4n(-c4ccccc4)c3cc2C5(C)C)C1. The Morgan fingerprint density at radius 3 is 1.95 bits per heavy atom. The van der Waals surface area contributed by atoms with E-state index in [2.05, 4.69) is 177 Å². The van der Waals surface area contributed by atoms with Gasteiger partial charge in [-0.2, -0.15) is 0 Å². The van der Waals surface area contributed by atoms with Crippen LogP contribution in [0.1, 0.15) is 61.4 Å². The molecule has 4 nitrogen and oxygen atoms in total. The Bertz CT molecular complexity index is 3140. The van der Waals surface area contributed by atoms with E-state index >= 15 is 0 Å². The van der Waals surface area contributed by atoms with Crippen LogP contribution in [-0.2, 0) is 5.41 Å². The number of amidine groups is 1. The summed E-state index contributed by atoms with van der Waals surface area (Å²) in [6.45, 7) is 6.92. The summed E-state index contributed by atoms with van der Waals surface area (Å²) < 4.78 is 9.08. The van der Waals surface area contributed by atoms with Gasteiger partial charge in [0.25, 0.3) is 0 Å². The summed E-state index contributed by atoms with van der Waals surface area (Å²) in [5.74, 6) is 0.733. The van der Waals surface area contributed by atoms with Crippen molar-refractivity contribution in [1.29, 1.82) is 0 Å². The van der Waals surface area contributed by atoms with Crippen LogP contribution in [0.25, 0.3) is 66.3 Å². The Morgan fingerprint density at radius 2 is 1.20 bits per heavy atom. The standard InChI is InChI=1S/C52H39N3O/c1-4-32-27-45(53-51(34-18-10-6-11-19-34)54-50(32)33-16-8-5-9-17-33)35-24-25-48-41(26-35)42-29-39-38-28-40-37-22-14-15-23-46(37)55(36-20-12-7-13-21-36)47(40)30-43(38)52(2,3)44(39)31-49(42)56-48/h5-26,28-31H,4,27H2,1-3H3. The van der Waals surface area contributed by atoms with Crippen molar-refractivity contribution in [2.24, 2.45) is 9.98 Å². The molecule has 3 heterocycles. The third-order valence-electron chi connectivity index (χ3n) is 12.1. The summed E-state index contributed by atoms with van der Waals surface area (Å²) in [4.78, 5) is 10.6. The molecule has 268 valence electrons. The van der Waals surface area contributed by atoms with Crippen molar-refractivity contribution in [1.82, 2.24) is 4.57 Å². The first-order valence-electron chi connectivity index (χ1n) is 19.6. The van der Waals surface area contributed by atoms with Gasteiger partial charge in [0.2, 0.25) is 0 Å². The number of hydrogen-bond acceptors (Lipinski definition) is 3. The Labute approximate surface area is 325 Å². The van der Waals surface area contributed by atoms with Crippen LogP contribution in [0.4, 0.5) is 0 Å².